The average Bonchev–Trinajstić information content (AvgIpc) is 2.73. The Hall–Kier alpha value is -2.76. The molecule has 142 valence electrons. The number of hydrogen-bond acceptors (Lipinski definition) is 3. The van der Waals surface area contributed by atoms with Crippen LogP contribution in [0.4, 0.5) is 11.4 Å². The molecular weight excluding hydrogens is 392 g/mol. The molecule has 0 saturated heterocycles. The van der Waals surface area contributed by atoms with Gasteiger partial charge >= 0.3 is 0 Å². The molecule has 0 bridgehead atoms. The van der Waals surface area contributed by atoms with Crippen molar-refractivity contribution >= 4 is 46.6 Å². The number of halogens is 1. The summed E-state index contributed by atoms with van der Waals surface area (Å²) in [7, 11) is 1.68. The number of carbonyl (C=O) groups excluding carboxylic acids is 2. The van der Waals surface area contributed by atoms with E-state index in [1.165, 1.54) is 16.7 Å². The van der Waals surface area contributed by atoms with Gasteiger partial charge in [0.2, 0.25) is 5.91 Å². The molecule has 28 heavy (non-hydrogen) atoms. The molecule has 0 aliphatic carbocycles. The molecule has 0 aliphatic rings. The van der Waals surface area contributed by atoms with Crippen LogP contribution in [0, 0.1) is 0 Å². The van der Waals surface area contributed by atoms with E-state index in [1.54, 1.807) is 37.4 Å². The fourth-order valence-corrected chi connectivity index (χ4v) is 3.52. The lowest BCUT2D eigenvalue weighted by Crippen LogP contribution is -2.30. The van der Waals surface area contributed by atoms with E-state index in [4.69, 9.17) is 11.6 Å². The highest BCUT2D eigenvalue weighted by Gasteiger charge is 2.18. The van der Waals surface area contributed by atoms with Crippen molar-refractivity contribution in [2.75, 3.05) is 23.0 Å². The first-order valence-electron chi connectivity index (χ1n) is 8.65. The molecular formula is C22H19ClN2O2S. The summed E-state index contributed by atoms with van der Waals surface area (Å²) in [4.78, 5) is 27.8. The number of hydrogen-bond donors (Lipinski definition) is 1. The van der Waals surface area contributed by atoms with Gasteiger partial charge in [-0.3, -0.25) is 9.59 Å². The van der Waals surface area contributed by atoms with Gasteiger partial charge in [-0.25, -0.2) is 0 Å². The number of nitrogens with one attached hydrogen (secondary N) is 1. The van der Waals surface area contributed by atoms with Crippen molar-refractivity contribution in [1.82, 2.24) is 0 Å². The van der Waals surface area contributed by atoms with Gasteiger partial charge in [0.05, 0.1) is 17.0 Å². The molecule has 0 radical (unpaired) electrons. The van der Waals surface area contributed by atoms with Gasteiger partial charge in [-0.2, -0.15) is 0 Å². The smallest absolute Gasteiger partial charge is 0.257 e. The summed E-state index contributed by atoms with van der Waals surface area (Å²) < 4.78 is 0. The fourth-order valence-electron chi connectivity index (χ4n) is 2.59. The first-order chi connectivity index (χ1) is 13.5. The Kier molecular flexibility index (Phi) is 6.74. The Bertz CT molecular complexity index is 962. The minimum atomic E-state index is -0.258. The zero-order chi connectivity index (χ0) is 19.9. The van der Waals surface area contributed by atoms with Crippen LogP contribution < -0.4 is 10.2 Å². The summed E-state index contributed by atoms with van der Waals surface area (Å²) in [5.41, 5.74) is 1.71. The molecule has 3 aromatic carbocycles. The summed E-state index contributed by atoms with van der Waals surface area (Å²) in [6.45, 7) is 0. The average molecular weight is 411 g/mol. The van der Waals surface area contributed by atoms with Crippen LogP contribution in [0.2, 0.25) is 5.02 Å². The maximum Gasteiger partial charge on any atom is 0.257 e. The van der Waals surface area contributed by atoms with Crippen LogP contribution in [-0.2, 0) is 4.79 Å². The van der Waals surface area contributed by atoms with E-state index in [2.05, 4.69) is 5.32 Å². The maximum atomic E-state index is 12.7. The fraction of sp³-hybridized carbons (Fsp3) is 0.0909. The molecule has 0 aliphatic heterocycles. The molecule has 1 N–H and O–H groups in total. The van der Waals surface area contributed by atoms with E-state index in [0.29, 0.717) is 22.0 Å². The number of carbonyl (C=O) groups is 2. The topological polar surface area (TPSA) is 49.4 Å². The Morgan fingerprint density at radius 3 is 2.29 bits per heavy atom. The van der Waals surface area contributed by atoms with E-state index < -0.39 is 0 Å². The first-order valence-corrected chi connectivity index (χ1v) is 10.0. The number of rotatable bonds is 6. The summed E-state index contributed by atoms with van der Waals surface area (Å²) in [5.74, 6) is -0.0982. The monoisotopic (exact) mass is 410 g/mol. The molecule has 3 aromatic rings. The molecule has 0 unspecified atom stereocenters. The SMILES string of the molecule is CN(C(=O)CSc1ccc(Cl)cc1)c1ccccc1C(=O)Nc1ccccc1. The Labute approximate surface area is 173 Å². The molecule has 0 heterocycles. The number of amides is 2. The standard InChI is InChI=1S/C22H19ClN2O2S/c1-25(21(26)15-28-18-13-11-16(23)12-14-18)20-10-6-5-9-19(20)22(27)24-17-7-3-2-4-8-17/h2-14H,15H2,1H3,(H,24,27). The summed E-state index contributed by atoms with van der Waals surface area (Å²) >= 11 is 7.31. The predicted molar refractivity (Wildman–Crippen MR) is 116 cm³/mol. The second-order valence-electron chi connectivity index (χ2n) is 6.03. The third kappa shape index (κ3) is 5.15. The van der Waals surface area contributed by atoms with Crippen LogP contribution in [0.1, 0.15) is 10.4 Å². The molecule has 0 spiro atoms. The zero-order valence-electron chi connectivity index (χ0n) is 15.3. The largest absolute Gasteiger partial charge is 0.322 e. The minimum Gasteiger partial charge on any atom is -0.322 e. The van der Waals surface area contributed by atoms with Gasteiger partial charge in [0.15, 0.2) is 0 Å². The first kappa shape index (κ1) is 20.0. The number of para-hydroxylation sites is 2. The lowest BCUT2D eigenvalue weighted by molar-refractivity contribution is -0.115. The quantitative estimate of drug-likeness (QED) is 0.557. The van der Waals surface area contributed by atoms with Gasteiger partial charge in [0.1, 0.15) is 0 Å². The normalized spacial score (nSPS) is 10.4. The summed E-state index contributed by atoms with van der Waals surface area (Å²) in [5, 5.41) is 3.52. The highest BCUT2D eigenvalue weighted by molar-refractivity contribution is 8.00. The predicted octanol–water partition coefficient (Wildman–Crippen LogP) is 5.35. The van der Waals surface area contributed by atoms with Gasteiger partial charge in [0, 0.05) is 22.7 Å². The Balaban J connectivity index is 1.70. The maximum absolute atomic E-state index is 12.7. The number of benzene rings is 3. The van der Waals surface area contributed by atoms with Crippen molar-refractivity contribution in [2.45, 2.75) is 4.90 Å². The molecule has 3 rings (SSSR count). The van der Waals surface area contributed by atoms with Crippen molar-refractivity contribution in [1.29, 1.82) is 0 Å². The molecule has 0 fully saturated rings. The van der Waals surface area contributed by atoms with Crippen LogP contribution in [0.3, 0.4) is 0 Å². The Morgan fingerprint density at radius 2 is 1.57 bits per heavy atom. The molecule has 0 atom stereocenters. The highest BCUT2D eigenvalue weighted by atomic mass is 35.5. The van der Waals surface area contributed by atoms with Crippen molar-refractivity contribution in [3.05, 3.63) is 89.4 Å². The number of nitrogens with zero attached hydrogens (tertiary/aromatic N) is 1. The number of anilines is 2. The lowest BCUT2D eigenvalue weighted by atomic mass is 10.1. The van der Waals surface area contributed by atoms with E-state index in [-0.39, 0.29) is 17.6 Å². The van der Waals surface area contributed by atoms with Gasteiger partial charge in [-0.05, 0) is 48.5 Å². The lowest BCUT2D eigenvalue weighted by Gasteiger charge is -2.20. The molecule has 6 heteroatoms. The van der Waals surface area contributed by atoms with Crippen LogP contribution in [-0.4, -0.2) is 24.6 Å². The van der Waals surface area contributed by atoms with E-state index in [9.17, 15) is 9.59 Å². The third-order valence-electron chi connectivity index (χ3n) is 4.09. The van der Waals surface area contributed by atoms with Crippen LogP contribution in [0.5, 0.6) is 0 Å². The van der Waals surface area contributed by atoms with Crippen molar-refractivity contribution in [3.63, 3.8) is 0 Å². The van der Waals surface area contributed by atoms with Crippen LogP contribution in [0.15, 0.2) is 83.8 Å². The molecule has 0 saturated carbocycles. The van der Waals surface area contributed by atoms with Crippen LogP contribution >= 0.6 is 23.4 Å². The van der Waals surface area contributed by atoms with E-state index >= 15 is 0 Å². The molecule has 4 nitrogen and oxygen atoms in total. The van der Waals surface area contributed by atoms with Crippen molar-refractivity contribution < 1.29 is 9.59 Å². The summed E-state index contributed by atoms with van der Waals surface area (Å²) in [6, 6.07) is 23.6. The second kappa shape index (κ2) is 9.44. The van der Waals surface area contributed by atoms with Crippen molar-refractivity contribution in [2.24, 2.45) is 0 Å². The Morgan fingerprint density at radius 1 is 0.929 bits per heavy atom. The van der Waals surface area contributed by atoms with Gasteiger partial charge in [-0.1, -0.05) is 41.9 Å². The zero-order valence-corrected chi connectivity index (χ0v) is 16.8. The van der Waals surface area contributed by atoms with Crippen LogP contribution in [0.25, 0.3) is 0 Å². The van der Waals surface area contributed by atoms with Crippen molar-refractivity contribution in [3.8, 4) is 0 Å². The minimum absolute atomic E-state index is 0.0973. The number of thioether (sulfide) groups is 1. The van der Waals surface area contributed by atoms with Gasteiger partial charge < -0.3 is 10.2 Å². The van der Waals surface area contributed by atoms with E-state index in [0.717, 1.165) is 4.90 Å². The van der Waals surface area contributed by atoms with Gasteiger partial charge in [-0.15, -0.1) is 11.8 Å². The second-order valence-corrected chi connectivity index (χ2v) is 7.52. The third-order valence-corrected chi connectivity index (χ3v) is 5.34. The highest BCUT2D eigenvalue weighted by Crippen LogP contribution is 2.24. The molecule has 2 amide bonds. The van der Waals surface area contributed by atoms with Gasteiger partial charge in [0.25, 0.3) is 5.91 Å². The summed E-state index contributed by atoms with van der Waals surface area (Å²) in [6.07, 6.45) is 0. The van der Waals surface area contributed by atoms with E-state index in [1.807, 2.05) is 48.5 Å². The molecule has 0 aromatic heterocycles.